The van der Waals surface area contributed by atoms with Gasteiger partial charge in [-0.1, -0.05) is 24.3 Å². The van der Waals surface area contributed by atoms with Crippen molar-refractivity contribution in [1.29, 1.82) is 0 Å². The van der Waals surface area contributed by atoms with Crippen LogP contribution in [0.15, 0.2) is 17.5 Å². The molecule has 4 nitrogen and oxygen atoms in total. The largest absolute Gasteiger partial charge is 0.477 e. The molecule has 0 radical (unpaired) electrons. The number of thiophene rings is 1. The van der Waals surface area contributed by atoms with E-state index in [2.05, 4.69) is 16.4 Å². The Hall–Kier alpha value is -1.40. The van der Waals surface area contributed by atoms with Gasteiger partial charge in [0.1, 0.15) is 4.88 Å². The number of thiazole rings is 1. The Balaban J connectivity index is 2.06. The van der Waals surface area contributed by atoms with Gasteiger partial charge in [-0.25, -0.2) is 9.78 Å². The zero-order valence-electron chi connectivity index (χ0n) is 10.9. The Kier molecular flexibility index (Phi) is 4.55. The number of carboxylic acid groups (broad SMARTS) is 1. The van der Waals surface area contributed by atoms with E-state index in [1.54, 1.807) is 11.3 Å². The number of aromatic nitrogens is 1. The van der Waals surface area contributed by atoms with Crippen LogP contribution < -0.4 is 4.90 Å². The molecule has 2 rings (SSSR count). The maximum atomic E-state index is 11.1. The zero-order chi connectivity index (χ0) is 13.8. The number of aromatic carboxylic acids is 1. The first-order valence-corrected chi connectivity index (χ1v) is 7.78. The van der Waals surface area contributed by atoms with Crippen molar-refractivity contribution >= 4 is 33.8 Å². The van der Waals surface area contributed by atoms with Gasteiger partial charge in [0.2, 0.25) is 0 Å². The lowest BCUT2D eigenvalue weighted by atomic mass is 10.3. The summed E-state index contributed by atoms with van der Waals surface area (Å²) in [7, 11) is 1.96. The predicted octanol–water partition coefficient (Wildman–Crippen LogP) is 3.14. The van der Waals surface area contributed by atoms with Gasteiger partial charge in [0.15, 0.2) is 5.13 Å². The Morgan fingerprint density at radius 3 is 2.84 bits per heavy atom. The molecule has 0 aliphatic rings. The SMILES string of the molecule is CCc1nc(N(C)CCc2cccs2)sc1C(=O)O. The first kappa shape index (κ1) is 14.0. The number of nitrogens with zero attached hydrogens (tertiary/aromatic N) is 2. The van der Waals surface area contributed by atoms with Crippen molar-refractivity contribution in [2.45, 2.75) is 19.8 Å². The maximum absolute atomic E-state index is 11.1. The van der Waals surface area contributed by atoms with Crippen molar-refractivity contribution in [2.75, 3.05) is 18.5 Å². The van der Waals surface area contributed by atoms with Gasteiger partial charge >= 0.3 is 5.97 Å². The topological polar surface area (TPSA) is 53.4 Å². The summed E-state index contributed by atoms with van der Waals surface area (Å²) in [4.78, 5) is 19.2. The fourth-order valence-electron chi connectivity index (χ4n) is 1.74. The van der Waals surface area contributed by atoms with Gasteiger partial charge in [0, 0.05) is 18.5 Å². The minimum atomic E-state index is -0.882. The highest BCUT2D eigenvalue weighted by molar-refractivity contribution is 7.17. The van der Waals surface area contributed by atoms with E-state index in [4.69, 9.17) is 5.11 Å². The lowest BCUT2D eigenvalue weighted by molar-refractivity contribution is 0.0701. The van der Waals surface area contributed by atoms with Crippen molar-refractivity contribution in [3.05, 3.63) is 33.0 Å². The van der Waals surface area contributed by atoms with Crippen LogP contribution in [0.2, 0.25) is 0 Å². The number of rotatable bonds is 6. The van der Waals surface area contributed by atoms with Gasteiger partial charge in [-0.05, 0) is 24.3 Å². The lowest BCUT2D eigenvalue weighted by Crippen LogP contribution is -2.19. The van der Waals surface area contributed by atoms with Crippen LogP contribution in [0.1, 0.15) is 27.2 Å². The van der Waals surface area contributed by atoms with Crippen LogP contribution in [0, 0.1) is 0 Å². The quantitative estimate of drug-likeness (QED) is 0.889. The fraction of sp³-hybridized carbons (Fsp3) is 0.385. The molecule has 0 spiro atoms. The van der Waals surface area contributed by atoms with Gasteiger partial charge in [0.25, 0.3) is 0 Å². The fourth-order valence-corrected chi connectivity index (χ4v) is 3.42. The number of carbonyl (C=O) groups is 1. The second-order valence-electron chi connectivity index (χ2n) is 4.18. The molecule has 6 heteroatoms. The van der Waals surface area contributed by atoms with E-state index in [1.807, 2.05) is 24.9 Å². The van der Waals surface area contributed by atoms with E-state index < -0.39 is 5.97 Å². The number of likely N-dealkylation sites (N-methyl/N-ethyl adjacent to an activating group) is 1. The molecule has 0 aliphatic heterocycles. The summed E-state index contributed by atoms with van der Waals surface area (Å²) < 4.78 is 0. The van der Waals surface area contributed by atoms with E-state index >= 15 is 0 Å². The number of aryl methyl sites for hydroxylation is 1. The lowest BCUT2D eigenvalue weighted by Gasteiger charge is -2.14. The van der Waals surface area contributed by atoms with Crippen molar-refractivity contribution in [2.24, 2.45) is 0 Å². The normalized spacial score (nSPS) is 10.6. The van der Waals surface area contributed by atoms with Crippen molar-refractivity contribution in [1.82, 2.24) is 4.98 Å². The third-order valence-corrected chi connectivity index (χ3v) is 4.95. The van der Waals surface area contributed by atoms with Crippen molar-refractivity contribution in [3.8, 4) is 0 Å². The number of hydrogen-bond acceptors (Lipinski definition) is 5. The highest BCUT2D eigenvalue weighted by atomic mass is 32.1. The van der Waals surface area contributed by atoms with Gasteiger partial charge in [-0.3, -0.25) is 0 Å². The van der Waals surface area contributed by atoms with Crippen LogP contribution in [0.3, 0.4) is 0 Å². The molecular formula is C13H16N2O2S2. The van der Waals surface area contributed by atoms with Crippen LogP contribution in [-0.2, 0) is 12.8 Å². The molecule has 0 amide bonds. The Morgan fingerprint density at radius 1 is 1.53 bits per heavy atom. The van der Waals surface area contributed by atoms with Crippen molar-refractivity contribution in [3.63, 3.8) is 0 Å². The molecule has 0 bridgehead atoms. The van der Waals surface area contributed by atoms with E-state index in [0.29, 0.717) is 17.0 Å². The van der Waals surface area contributed by atoms with Crippen LogP contribution >= 0.6 is 22.7 Å². The molecule has 102 valence electrons. The summed E-state index contributed by atoms with van der Waals surface area (Å²) in [5.74, 6) is -0.882. The molecular weight excluding hydrogens is 280 g/mol. The summed E-state index contributed by atoms with van der Waals surface area (Å²) in [6, 6.07) is 4.15. The monoisotopic (exact) mass is 296 g/mol. The highest BCUT2D eigenvalue weighted by Gasteiger charge is 2.17. The molecule has 0 saturated carbocycles. The van der Waals surface area contributed by atoms with Gasteiger partial charge in [0.05, 0.1) is 5.69 Å². The Labute approximate surface area is 120 Å². The minimum Gasteiger partial charge on any atom is -0.477 e. The second kappa shape index (κ2) is 6.16. The molecule has 0 saturated heterocycles. The molecule has 0 atom stereocenters. The van der Waals surface area contributed by atoms with Gasteiger partial charge in [-0.2, -0.15) is 0 Å². The van der Waals surface area contributed by atoms with E-state index in [-0.39, 0.29) is 0 Å². The molecule has 1 N–H and O–H groups in total. The molecule has 2 aromatic heterocycles. The van der Waals surface area contributed by atoms with E-state index in [0.717, 1.165) is 18.1 Å². The smallest absolute Gasteiger partial charge is 0.347 e. The Bertz CT molecular complexity index is 549. The molecule has 0 unspecified atom stereocenters. The number of hydrogen-bond donors (Lipinski definition) is 1. The minimum absolute atomic E-state index is 0.362. The zero-order valence-corrected chi connectivity index (χ0v) is 12.6. The highest BCUT2D eigenvalue weighted by Crippen LogP contribution is 2.26. The van der Waals surface area contributed by atoms with E-state index in [9.17, 15) is 4.79 Å². The average Bonchev–Trinajstić information content (AvgIpc) is 3.04. The van der Waals surface area contributed by atoms with E-state index in [1.165, 1.54) is 16.2 Å². The summed E-state index contributed by atoms with van der Waals surface area (Å²) in [5, 5.41) is 12.0. The first-order valence-electron chi connectivity index (χ1n) is 6.08. The first-order chi connectivity index (χ1) is 9.11. The third kappa shape index (κ3) is 3.33. The van der Waals surface area contributed by atoms with Crippen LogP contribution in [0.5, 0.6) is 0 Å². The molecule has 0 aliphatic carbocycles. The van der Waals surface area contributed by atoms with Gasteiger partial charge in [-0.15, -0.1) is 11.3 Å². The number of carboxylic acids is 1. The summed E-state index contributed by atoms with van der Waals surface area (Å²) >= 11 is 3.00. The maximum Gasteiger partial charge on any atom is 0.347 e. The summed E-state index contributed by atoms with van der Waals surface area (Å²) in [6.07, 6.45) is 1.61. The Morgan fingerprint density at radius 2 is 2.32 bits per heavy atom. The van der Waals surface area contributed by atoms with Crippen LogP contribution in [0.25, 0.3) is 0 Å². The van der Waals surface area contributed by atoms with Crippen LogP contribution in [0.4, 0.5) is 5.13 Å². The molecule has 19 heavy (non-hydrogen) atoms. The van der Waals surface area contributed by atoms with Crippen molar-refractivity contribution < 1.29 is 9.90 Å². The molecule has 0 aromatic carbocycles. The standard InChI is InChI=1S/C13H16N2O2S2/c1-3-10-11(12(16)17)19-13(14-10)15(2)7-6-9-5-4-8-18-9/h4-5,8H,3,6-7H2,1-2H3,(H,16,17). The van der Waals surface area contributed by atoms with Crippen LogP contribution in [-0.4, -0.2) is 29.7 Å². The third-order valence-electron chi connectivity index (χ3n) is 2.82. The predicted molar refractivity (Wildman–Crippen MR) is 79.7 cm³/mol. The molecule has 2 aromatic rings. The number of anilines is 1. The average molecular weight is 296 g/mol. The van der Waals surface area contributed by atoms with Gasteiger partial charge < -0.3 is 10.0 Å². The molecule has 0 fully saturated rings. The second-order valence-corrected chi connectivity index (χ2v) is 6.19. The summed E-state index contributed by atoms with van der Waals surface area (Å²) in [5.41, 5.74) is 0.676. The summed E-state index contributed by atoms with van der Waals surface area (Å²) in [6.45, 7) is 2.77. The molecule has 2 heterocycles.